The molecule has 20 heavy (non-hydrogen) atoms. The predicted molar refractivity (Wildman–Crippen MR) is 85.2 cm³/mol. The minimum atomic E-state index is 0.159. The van der Waals surface area contributed by atoms with Crippen LogP contribution in [-0.4, -0.2) is 42.0 Å². The zero-order chi connectivity index (χ0) is 14.2. The number of amides is 1. The molecule has 4 nitrogen and oxygen atoms in total. The minimum Gasteiger partial charge on any atom is -0.356 e. The zero-order valence-electron chi connectivity index (χ0n) is 12.0. The number of nitrogens with zero attached hydrogens (tertiary/aromatic N) is 2. The van der Waals surface area contributed by atoms with Crippen LogP contribution in [0.25, 0.3) is 0 Å². The Hall–Kier alpha value is -1.23. The number of nitrogens with one attached hydrogen (secondary N) is 1. The number of thioether (sulfide) groups is 1. The molecule has 0 saturated carbocycles. The molecule has 0 unspecified atom stereocenters. The summed E-state index contributed by atoms with van der Waals surface area (Å²) in [5.41, 5.74) is 0. The zero-order valence-corrected chi connectivity index (χ0v) is 12.9. The molecule has 0 radical (unpaired) electrons. The summed E-state index contributed by atoms with van der Waals surface area (Å²) < 4.78 is 0. The Kier molecular flexibility index (Phi) is 6.18. The van der Waals surface area contributed by atoms with E-state index in [0.717, 1.165) is 31.2 Å². The topological polar surface area (TPSA) is 45.2 Å². The standard InChI is InChI=1S/C15H23N3OS/c1-2-20-12-15(19)17-10-13-6-5-9-18(11-13)14-7-3-4-8-16-14/h3-4,7-8,13H,2,5-6,9-12H2,1H3,(H,17,19)/t13-/m0/s1. The van der Waals surface area contributed by atoms with E-state index < -0.39 is 0 Å². The van der Waals surface area contributed by atoms with E-state index in [1.807, 2.05) is 18.3 Å². The molecule has 5 heteroatoms. The van der Waals surface area contributed by atoms with Gasteiger partial charge >= 0.3 is 0 Å². The van der Waals surface area contributed by atoms with Gasteiger partial charge in [0, 0.05) is 25.8 Å². The maximum absolute atomic E-state index is 11.6. The number of carbonyl (C=O) groups excluding carboxylic acids is 1. The Morgan fingerprint density at radius 3 is 3.20 bits per heavy atom. The van der Waals surface area contributed by atoms with Crippen molar-refractivity contribution in [3.05, 3.63) is 24.4 Å². The number of pyridine rings is 1. The van der Waals surface area contributed by atoms with Crippen molar-refractivity contribution in [2.75, 3.05) is 36.0 Å². The monoisotopic (exact) mass is 293 g/mol. The molecule has 110 valence electrons. The van der Waals surface area contributed by atoms with Gasteiger partial charge < -0.3 is 10.2 Å². The quantitative estimate of drug-likeness (QED) is 0.873. The van der Waals surface area contributed by atoms with Crippen LogP contribution in [0.3, 0.4) is 0 Å². The first-order valence-corrected chi connectivity index (χ1v) is 8.45. The molecule has 1 aromatic heterocycles. The van der Waals surface area contributed by atoms with Crippen LogP contribution in [-0.2, 0) is 4.79 Å². The molecule has 1 amide bonds. The van der Waals surface area contributed by atoms with E-state index in [1.165, 1.54) is 12.8 Å². The molecule has 2 rings (SSSR count). The van der Waals surface area contributed by atoms with Crippen LogP contribution in [0.2, 0.25) is 0 Å². The van der Waals surface area contributed by atoms with E-state index in [-0.39, 0.29) is 5.91 Å². The molecule has 2 heterocycles. The molecular formula is C15H23N3OS. The Morgan fingerprint density at radius 1 is 1.55 bits per heavy atom. The van der Waals surface area contributed by atoms with Gasteiger partial charge in [-0.2, -0.15) is 11.8 Å². The third-order valence-electron chi connectivity index (χ3n) is 3.52. The Labute approximate surface area is 125 Å². The first-order chi connectivity index (χ1) is 9.79. The van der Waals surface area contributed by atoms with Crippen LogP contribution in [0, 0.1) is 5.92 Å². The van der Waals surface area contributed by atoms with Gasteiger partial charge in [-0.15, -0.1) is 0 Å². The summed E-state index contributed by atoms with van der Waals surface area (Å²) in [5.74, 6) is 3.30. The fourth-order valence-corrected chi connectivity index (χ4v) is 2.98. The van der Waals surface area contributed by atoms with Gasteiger partial charge in [-0.05, 0) is 36.6 Å². The minimum absolute atomic E-state index is 0.159. The number of piperidine rings is 1. The number of rotatable bonds is 6. The van der Waals surface area contributed by atoms with Gasteiger partial charge in [0.15, 0.2) is 0 Å². The van der Waals surface area contributed by atoms with Crippen LogP contribution in [0.15, 0.2) is 24.4 Å². The van der Waals surface area contributed by atoms with Gasteiger partial charge in [0.2, 0.25) is 5.91 Å². The first kappa shape index (κ1) is 15.2. The molecule has 0 spiro atoms. The van der Waals surface area contributed by atoms with Crippen molar-refractivity contribution in [2.24, 2.45) is 5.92 Å². The fourth-order valence-electron chi connectivity index (χ4n) is 2.48. The van der Waals surface area contributed by atoms with Gasteiger partial charge in [0.25, 0.3) is 0 Å². The molecule has 0 aromatic carbocycles. The lowest BCUT2D eigenvalue weighted by Gasteiger charge is -2.33. The lowest BCUT2D eigenvalue weighted by Crippen LogP contribution is -2.41. The molecule has 0 aliphatic carbocycles. The highest BCUT2D eigenvalue weighted by Crippen LogP contribution is 2.20. The largest absolute Gasteiger partial charge is 0.356 e. The number of hydrogen-bond acceptors (Lipinski definition) is 4. The van der Waals surface area contributed by atoms with E-state index in [9.17, 15) is 4.79 Å². The molecule has 1 fully saturated rings. The van der Waals surface area contributed by atoms with Gasteiger partial charge in [-0.25, -0.2) is 4.98 Å². The maximum atomic E-state index is 11.6. The maximum Gasteiger partial charge on any atom is 0.230 e. The number of aromatic nitrogens is 1. The molecular weight excluding hydrogens is 270 g/mol. The lowest BCUT2D eigenvalue weighted by molar-refractivity contribution is -0.118. The van der Waals surface area contributed by atoms with Crippen LogP contribution < -0.4 is 10.2 Å². The van der Waals surface area contributed by atoms with Crippen molar-refractivity contribution in [1.29, 1.82) is 0 Å². The SMILES string of the molecule is CCSCC(=O)NC[C@@H]1CCCN(c2ccccn2)C1. The third kappa shape index (κ3) is 4.71. The lowest BCUT2D eigenvalue weighted by atomic mass is 9.98. The van der Waals surface area contributed by atoms with E-state index >= 15 is 0 Å². The smallest absolute Gasteiger partial charge is 0.230 e. The molecule has 1 saturated heterocycles. The van der Waals surface area contributed by atoms with Crippen molar-refractivity contribution in [1.82, 2.24) is 10.3 Å². The Morgan fingerprint density at radius 2 is 2.45 bits per heavy atom. The summed E-state index contributed by atoms with van der Waals surface area (Å²) in [7, 11) is 0. The Balaban J connectivity index is 1.78. The van der Waals surface area contributed by atoms with Crippen molar-refractivity contribution < 1.29 is 4.79 Å². The summed E-state index contributed by atoms with van der Waals surface area (Å²) in [6.07, 6.45) is 4.19. The van der Waals surface area contributed by atoms with E-state index in [1.54, 1.807) is 11.8 Å². The number of hydrogen-bond donors (Lipinski definition) is 1. The summed E-state index contributed by atoms with van der Waals surface area (Å²) >= 11 is 1.67. The van der Waals surface area contributed by atoms with Gasteiger partial charge in [-0.1, -0.05) is 13.0 Å². The summed E-state index contributed by atoms with van der Waals surface area (Å²) in [5, 5.41) is 3.05. The van der Waals surface area contributed by atoms with Crippen LogP contribution in [0.1, 0.15) is 19.8 Å². The normalized spacial score (nSPS) is 18.9. The van der Waals surface area contributed by atoms with Gasteiger partial charge in [0.1, 0.15) is 5.82 Å². The average Bonchev–Trinajstić information content (AvgIpc) is 2.52. The number of anilines is 1. The fraction of sp³-hybridized carbons (Fsp3) is 0.600. The van der Waals surface area contributed by atoms with Crippen molar-refractivity contribution in [2.45, 2.75) is 19.8 Å². The first-order valence-electron chi connectivity index (χ1n) is 7.30. The second kappa shape index (κ2) is 8.15. The highest BCUT2D eigenvalue weighted by molar-refractivity contribution is 7.99. The van der Waals surface area contributed by atoms with E-state index in [2.05, 4.69) is 28.2 Å². The Bertz CT molecular complexity index is 413. The molecule has 0 bridgehead atoms. The second-order valence-electron chi connectivity index (χ2n) is 5.08. The number of carbonyl (C=O) groups is 1. The molecule has 1 aromatic rings. The highest BCUT2D eigenvalue weighted by atomic mass is 32.2. The molecule has 1 N–H and O–H groups in total. The van der Waals surface area contributed by atoms with Crippen molar-refractivity contribution >= 4 is 23.5 Å². The van der Waals surface area contributed by atoms with E-state index in [4.69, 9.17) is 0 Å². The molecule has 1 aliphatic heterocycles. The van der Waals surface area contributed by atoms with Crippen molar-refractivity contribution in [3.63, 3.8) is 0 Å². The highest BCUT2D eigenvalue weighted by Gasteiger charge is 2.21. The second-order valence-corrected chi connectivity index (χ2v) is 6.36. The van der Waals surface area contributed by atoms with Crippen LogP contribution in [0.4, 0.5) is 5.82 Å². The van der Waals surface area contributed by atoms with Crippen LogP contribution >= 0.6 is 11.8 Å². The van der Waals surface area contributed by atoms with Crippen molar-refractivity contribution in [3.8, 4) is 0 Å². The summed E-state index contributed by atoms with van der Waals surface area (Å²) in [6, 6.07) is 6.02. The summed E-state index contributed by atoms with van der Waals surface area (Å²) in [4.78, 5) is 18.4. The van der Waals surface area contributed by atoms with Crippen LogP contribution in [0.5, 0.6) is 0 Å². The average molecular weight is 293 g/mol. The van der Waals surface area contributed by atoms with Gasteiger partial charge in [0.05, 0.1) is 5.75 Å². The third-order valence-corrected chi connectivity index (χ3v) is 4.39. The van der Waals surface area contributed by atoms with Gasteiger partial charge in [-0.3, -0.25) is 4.79 Å². The van der Waals surface area contributed by atoms with E-state index in [0.29, 0.717) is 11.7 Å². The summed E-state index contributed by atoms with van der Waals surface area (Å²) in [6.45, 7) is 4.90. The molecule has 1 atom stereocenters. The molecule has 1 aliphatic rings. The predicted octanol–water partition coefficient (Wildman–Crippen LogP) is 2.17.